The largest absolute Gasteiger partial charge is 0.348 e. The molecule has 0 unspecified atom stereocenters. The minimum absolute atomic E-state index is 0.122. The van der Waals surface area contributed by atoms with Crippen molar-refractivity contribution in [2.45, 2.75) is 64.5 Å². The monoisotopic (exact) mass is 281 g/mol. The highest BCUT2D eigenvalue weighted by molar-refractivity contribution is 7.15. The van der Waals surface area contributed by atoms with Crippen LogP contribution < -0.4 is 10.2 Å². The Bertz CT molecular complexity index is 414. The fraction of sp³-hybridized carbons (Fsp3) is 0.800. The van der Waals surface area contributed by atoms with Crippen molar-refractivity contribution in [3.8, 4) is 0 Å². The Morgan fingerprint density at radius 2 is 1.95 bits per heavy atom. The van der Waals surface area contributed by atoms with E-state index in [9.17, 15) is 0 Å². The quantitative estimate of drug-likeness (QED) is 0.915. The molecule has 1 aliphatic carbocycles. The molecule has 3 nitrogen and oxygen atoms in total. The van der Waals surface area contributed by atoms with Crippen LogP contribution in [0.25, 0.3) is 0 Å². The number of anilines is 1. The first-order chi connectivity index (χ1) is 8.93. The van der Waals surface area contributed by atoms with Gasteiger partial charge in [0.15, 0.2) is 5.13 Å². The van der Waals surface area contributed by atoms with E-state index in [1.165, 1.54) is 41.4 Å². The number of rotatable bonds is 4. The van der Waals surface area contributed by atoms with Gasteiger partial charge in [0.2, 0.25) is 0 Å². The van der Waals surface area contributed by atoms with Gasteiger partial charge >= 0.3 is 0 Å². The molecule has 1 aromatic heterocycles. The highest BCUT2D eigenvalue weighted by Crippen LogP contribution is 2.36. The van der Waals surface area contributed by atoms with Gasteiger partial charge in [0, 0.05) is 29.9 Å². The molecular weight excluding hydrogens is 254 g/mol. The summed E-state index contributed by atoms with van der Waals surface area (Å²) in [4.78, 5) is 8.74. The average molecular weight is 281 g/mol. The fourth-order valence-electron chi connectivity index (χ4n) is 2.80. The van der Waals surface area contributed by atoms with E-state index in [4.69, 9.17) is 4.98 Å². The third kappa shape index (κ3) is 3.29. The van der Waals surface area contributed by atoms with Gasteiger partial charge in [0.1, 0.15) is 0 Å². The van der Waals surface area contributed by atoms with E-state index in [1.807, 2.05) is 18.4 Å². The predicted octanol–water partition coefficient (Wildman–Crippen LogP) is 3.54. The van der Waals surface area contributed by atoms with Crippen LogP contribution in [0, 0.1) is 0 Å². The second-order valence-corrected chi connectivity index (χ2v) is 7.66. The molecule has 0 amide bonds. The lowest BCUT2D eigenvalue weighted by atomic mass is 9.91. The second kappa shape index (κ2) is 5.80. The number of nitrogens with zero attached hydrogens (tertiary/aromatic N) is 2. The van der Waals surface area contributed by atoms with E-state index < -0.39 is 0 Å². The molecule has 1 heterocycles. The Kier molecular flexibility index (Phi) is 4.51. The summed E-state index contributed by atoms with van der Waals surface area (Å²) < 4.78 is 0. The minimum Gasteiger partial charge on any atom is -0.348 e. The molecule has 2 rings (SSSR count). The van der Waals surface area contributed by atoms with E-state index in [-0.39, 0.29) is 5.41 Å². The van der Waals surface area contributed by atoms with Crippen LogP contribution in [0.1, 0.15) is 57.0 Å². The molecule has 0 aromatic carbocycles. The number of aromatic nitrogens is 1. The fourth-order valence-corrected chi connectivity index (χ4v) is 4.12. The Morgan fingerprint density at radius 1 is 1.32 bits per heavy atom. The normalized spacial score (nSPS) is 17.1. The van der Waals surface area contributed by atoms with E-state index in [0.29, 0.717) is 6.04 Å². The van der Waals surface area contributed by atoms with Crippen LogP contribution in [0.2, 0.25) is 0 Å². The second-order valence-electron chi connectivity index (χ2n) is 6.60. The summed E-state index contributed by atoms with van der Waals surface area (Å²) in [5.74, 6) is 0. The molecular formula is C15H27N3S. The Hall–Kier alpha value is -0.610. The summed E-state index contributed by atoms with van der Waals surface area (Å²) in [6, 6.07) is 0.696. The third-order valence-corrected chi connectivity index (χ3v) is 5.05. The summed E-state index contributed by atoms with van der Waals surface area (Å²) in [5.41, 5.74) is 1.38. The zero-order chi connectivity index (χ0) is 14.0. The van der Waals surface area contributed by atoms with Crippen LogP contribution in [0.15, 0.2) is 0 Å². The molecule has 1 N–H and O–H groups in total. The first-order valence-corrected chi connectivity index (χ1v) is 8.12. The summed E-state index contributed by atoms with van der Waals surface area (Å²) >= 11 is 1.86. The predicted molar refractivity (Wildman–Crippen MR) is 84.2 cm³/mol. The molecule has 4 heteroatoms. The van der Waals surface area contributed by atoms with Gasteiger partial charge in [-0.05, 0) is 19.9 Å². The molecule has 0 atom stereocenters. The van der Waals surface area contributed by atoms with Gasteiger partial charge in [-0.3, -0.25) is 0 Å². The standard InChI is InChI=1S/C15H27N3S/c1-15(2,3)13-12(10-16-4)19-14(17-13)18(5)11-8-6-7-9-11/h11,16H,6-10H2,1-5H3. The maximum absolute atomic E-state index is 4.95. The Morgan fingerprint density at radius 3 is 2.47 bits per heavy atom. The first kappa shape index (κ1) is 14.8. The molecule has 1 aliphatic rings. The third-order valence-electron chi connectivity index (χ3n) is 3.91. The van der Waals surface area contributed by atoms with E-state index in [2.05, 4.69) is 38.0 Å². The van der Waals surface area contributed by atoms with Crippen molar-refractivity contribution >= 4 is 16.5 Å². The van der Waals surface area contributed by atoms with Crippen molar-refractivity contribution in [2.75, 3.05) is 19.0 Å². The molecule has 0 aliphatic heterocycles. The molecule has 108 valence electrons. The van der Waals surface area contributed by atoms with Crippen molar-refractivity contribution in [1.82, 2.24) is 10.3 Å². The molecule has 1 saturated carbocycles. The maximum Gasteiger partial charge on any atom is 0.185 e. The van der Waals surface area contributed by atoms with E-state index >= 15 is 0 Å². The highest BCUT2D eigenvalue weighted by Gasteiger charge is 2.27. The lowest BCUT2D eigenvalue weighted by Gasteiger charge is -2.23. The number of hydrogen-bond donors (Lipinski definition) is 1. The van der Waals surface area contributed by atoms with Crippen molar-refractivity contribution in [3.05, 3.63) is 10.6 Å². The van der Waals surface area contributed by atoms with Crippen molar-refractivity contribution in [3.63, 3.8) is 0 Å². The van der Waals surface area contributed by atoms with Crippen LogP contribution in [-0.4, -0.2) is 25.1 Å². The van der Waals surface area contributed by atoms with Crippen LogP contribution in [0.3, 0.4) is 0 Å². The van der Waals surface area contributed by atoms with Gasteiger partial charge < -0.3 is 10.2 Å². The molecule has 0 saturated heterocycles. The lowest BCUT2D eigenvalue weighted by Crippen LogP contribution is -2.28. The van der Waals surface area contributed by atoms with Gasteiger partial charge in [-0.25, -0.2) is 4.98 Å². The zero-order valence-corrected chi connectivity index (χ0v) is 13.7. The summed E-state index contributed by atoms with van der Waals surface area (Å²) in [6.07, 6.45) is 5.39. The highest BCUT2D eigenvalue weighted by atomic mass is 32.1. The summed E-state index contributed by atoms with van der Waals surface area (Å²) in [7, 11) is 4.22. The maximum atomic E-state index is 4.95. The van der Waals surface area contributed by atoms with Crippen molar-refractivity contribution in [1.29, 1.82) is 0 Å². The molecule has 0 spiro atoms. The van der Waals surface area contributed by atoms with Gasteiger partial charge in [-0.2, -0.15) is 0 Å². The van der Waals surface area contributed by atoms with Crippen molar-refractivity contribution < 1.29 is 0 Å². The minimum atomic E-state index is 0.122. The number of thiazole rings is 1. The summed E-state index contributed by atoms with van der Waals surface area (Å²) in [6.45, 7) is 7.67. The van der Waals surface area contributed by atoms with E-state index in [0.717, 1.165) is 6.54 Å². The lowest BCUT2D eigenvalue weighted by molar-refractivity contribution is 0.561. The molecule has 19 heavy (non-hydrogen) atoms. The zero-order valence-electron chi connectivity index (χ0n) is 12.9. The number of hydrogen-bond acceptors (Lipinski definition) is 4. The number of nitrogens with one attached hydrogen (secondary N) is 1. The van der Waals surface area contributed by atoms with Gasteiger partial charge in [-0.15, -0.1) is 11.3 Å². The molecule has 0 radical (unpaired) electrons. The van der Waals surface area contributed by atoms with E-state index in [1.54, 1.807) is 0 Å². The van der Waals surface area contributed by atoms with Crippen LogP contribution in [0.4, 0.5) is 5.13 Å². The average Bonchev–Trinajstić information content (AvgIpc) is 2.96. The van der Waals surface area contributed by atoms with Crippen molar-refractivity contribution in [2.24, 2.45) is 0 Å². The SMILES string of the molecule is CNCc1sc(N(C)C2CCCC2)nc1C(C)(C)C. The van der Waals surface area contributed by atoms with Crippen LogP contribution in [0.5, 0.6) is 0 Å². The topological polar surface area (TPSA) is 28.2 Å². The Labute approximate surface area is 121 Å². The molecule has 1 fully saturated rings. The molecule has 1 aromatic rings. The smallest absolute Gasteiger partial charge is 0.185 e. The van der Waals surface area contributed by atoms with Gasteiger partial charge in [-0.1, -0.05) is 33.6 Å². The van der Waals surface area contributed by atoms with Crippen LogP contribution >= 0.6 is 11.3 Å². The first-order valence-electron chi connectivity index (χ1n) is 7.31. The Balaban J connectivity index is 2.26. The van der Waals surface area contributed by atoms with Crippen LogP contribution in [-0.2, 0) is 12.0 Å². The van der Waals surface area contributed by atoms with Gasteiger partial charge in [0.05, 0.1) is 5.69 Å². The summed E-state index contributed by atoms with van der Waals surface area (Å²) in [5, 5.41) is 4.47. The molecule has 0 bridgehead atoms. The van der Waals surface area contributed by atoms with Gasteiger partial charge in [0.25, 0.3) is 0 Å².